The maximum atomic E-state index is 9.19. The number of piperidine rings is 1. The van der Waals surface area contributed by atoms with Gasteiger partial charge in [-0.15, -0.1) is 0 Å². The summed E-state index contributed by atoms with van der Waals surface area (Å²) in [5.74, 6) is 0.469. The van der Waals surface area contributed by atoms with Gasteiger partial charge in [-0.05, 0) is 36.9 Å². The van der Waals surface area contributed by atoms with Gasteiger partial charge in [0.05, 0.1) is 0 Å². The molecule has 0 amide bonds. The molecule has 0 radical (unpaired) electrons. The van der Waals surface area contributed by atoms with Crippen LogP contribution in [0.15, 0.2) is 28.7 Å². The first-order valence-corrected chi connectivity index (χ1v) is 6.65. The summed E-state index contributed by atoms with van der Waals surface area (Å²) in [5.41, 5.74) is 1.33. The monoisotopic (exact) mass is 283 g/mol. The van der Waals surface area contributed by atoms with Gasteiger partial charge in [0.2, 0.25) is 0 Å². The Bertz CT molecular complexity index is 342. The van der Waals surface area contributed by atoms with Crippen LogP contribution in [0.25, 0.3) is 0 Å². The highest BCUT2D eigenvalue weighted by Crippen LogP contribution is 2.22. The van der Waals surface area contributed by atoms with Crippen LogP contribution >= 0.6 is 15.9 Å². The zero-order valence-electron chi connectivity index (χ0n) is 9.40. The lowest BCUT2D eigenvalue weighted by molar-refractivity contribution is 0.116. The Morgan fingerprint density at radius 2 is 2.19 bits per heavy atom. The van der Waals surface area contributed by atoms with E-state index in [0.717, 1.165) is 19.6 Å². The van der Waals surface area contributed by atoms with E-state index in [9.17, 15) is 5.11 Å². The lowest BCUT2D eigenvalue weighted by atomic mass is 9.98. The lowest BCUT2D eigenvalue weighted by Crippen LogP contribution is -2.36. The summed E-state index contributed by atoms with van der Waals surface area (Å²) < 4.78 is 1.18. The SMILES string of the molecule is OC[C@@H]1CCCN(Cc2ccccc2Br)C1. The van der Waals surface area contributed by atoms with Crippen molar-refractivity contribution in [1.82, 2.24) is 4.90 Å². The van der Waals surface area contributed by atoms with Crippen molar-refractivity contribution < 1.29 is 5.11 Å². The van der Waals surface area contributed by atoms with E-state index in [1.807, 2.05) is 6.07 Å². The fourth-order valence-electron chi connectivity index (χ4n) is 2.31. The van der Waals surface area contributed by atoms with E-state index >= 15 is 0 Å². The van der Waals surface area contributed by atoms with Crippen LogP contribution in [0.3, 0.4) is 0 Å². The average molecular weight is 284 g/mol. The number of hydrogen-bond acceptors (Lipinski definition) is 2. The smallest absolute Gasteiger partial charge is 0.0471 e. The largest absolute Gasteiger partial charge is 0.396 e. The Balaban J connectivity index is 1.97. The summed E-state index contributed by atoms with van der Waals surface area (Å²) >= 11 is 3.58. The molecule has 1 fully saturated rings. The maximum Gasteiger partial charge on any atom is 0.0471 e. The second kappa shape index (κ2) is 5.80. The van der Waals surface area contributed by atoms with E-state index in [0.29, 0.717) is 12.5 Å². The molecule has 16 heavy (non-hydrogen) atoms. The van der Waals surface area contributed by atoms with Crippen molar-refractivity contribution in [2.75, 3.05) is 19.7 Å². The number of hydrogen-bond donors (Lipinski definition) is 1. The highest BCUT2D eigenvalue weighted by Gasteiger charge is 2.19. The van der Waals surface area contributed by atoms with Crippen LogP contribution in [0.5, 0.6) is 0 Å². The average Bonchev–Trinajstić information content (AvgIpc) is 2.32. The van der Waals surface area contributed by atoms with Crippen LogP contribution < -0.4 is 0 Å². The molecule has 0 unspecified atom stereocenters. The highest BCUT2D eigenvalue weighted by molar-refractivity contribution is 9.10. The van der Waals surface area contributed by atoms with E-state index in [1.165, 1.54) is 22.9 Å². The predicted molar refractivity (Wildman–Crippen MR) is 69.2 cm³/mol. The summed E-state index contributed by atoms with van der Waals surface area (Å²) in [7, 11) is 0. The molecular weight excluding hydrogens is 266 g/mol. The molecule has 2 nitrogen and oxygen atoms in total. The standard InChI is InChI=1S/C13H18BrNO/c14-13-6-2-1-5-12(13)9-15-7-3-4-11(8-15)10-16/h1-2,5-6,11,16H,3-4,7-10H2/t11-/m1/s1. The van der Waals surface area contributed by atoms with Crippen LogP contribution in [-0.2, 0) is 6.54 Å². The first-order valence-electron chi connectivity index (χ1n) is 5.86. The number of aliphatic hydroxyl groups excluding tert-OH is 1. The molecule has 0 spiro atoms. The molecule has 1 aliphatic heterocycles. The Morgan fingerprint density at radius 1 is 1.38 bits per heavy atom. The van der Waals surface area contributed by atoms with Gasteiger partial charge in [-0.1, -0.05) is 34.1 Å². The molecule has 88 valence electrons. The third kappa shape index (κ3) is 3.06. The zero-order chi connectivity index (χ0) is 11.4. The van der Waals surface area contributed by atoms with Crippen LogP contribution in [0.4, 0.5) is 0 Å². The number of nitrogens with zero attached hydrogens (tertiary/aromatic N) is 1. The zero-order valence-corrected chi connectivity index (χ0v) is 11.0. The number of aliphatic hydroxyl groups is 1. The van der Waals surface area contributed by atoms with E-state index in [-0.39, 0.29) is 0 Å². The van der Waals surface area contributed by atoms with Crippen molar-refractivity contribution in [3.05, 3.63) is 34.3 Å². The number of benzene rings is 1. The van der Waals surface area contributed by atoms with Gasteiger partial charge in [0, 0.05) is 24.2 Å². The molecule has 1 atom stereocenters. The third-order valence-corrected chi connectivity index (χ3v) is 3.99. The second-order valence-electron chi connectivity index (χ2n) is 4.52. The molecule has 1 aromatic rings. The van der Waals surface area contributed by atoms with Crippen LogP contribution in [0, 0.1) is 5.92 Å². The molecule has 0 aromatic heterocycles. The Morgan fingerprint density at radius 3 is 2.94 bits per heavy atom. The van der Waals surface area contributed by atoms with Crippen molar-refractivity contribution >= 4 is 15.9 Å². The van der Waals surface area contributed by atoms with Crippen LogP contribution in [-0.4, -0.2) is 29.7 Å². The fourth-order valence-corrected chi connectivity index (χ4v) is 2.72. The van der Waals surface area contributed by atoms with Gasteiger partial charge in [-0.2, -0.15) is 0 Å². The molecule has 1 N–H and O–H groups in total. The first-order chi connectivity index (χ1) is 7.79. The molecule has 1 aliphatic rings. The molecule has 0 bridgehead atoms. The van der Waals surface area contributed by atoms with Crippen LogP contribution in [0.2, 0.25) is 0 Å². The van der Waals surface area contributed by atoms with Gasteiger partial charge in [0.15, 0.2) is 0 Å². The van der Waals surface area contributed by atoms with Gasteiger partial charge in [-0.3, -0.25) is 4.90 Å². The Hall–Kier alpha value is -0.380. The van der Waals surface area contributed by atoms with E-state index in [2.05, 4.69) is 39.0 Å². The summed E-state index contributed by atoms with van der Waals surface area (Å²) in [5, 5.41) is 9.19. The minimum absolute atomic E-state index is 0.326. The Kier molecular flexibility index (Phi) is 4.38. The Labute approximate surface area is 105 Å². The topological polar surface area (TPSA) is 23.5 Å². The van der Waals surface area contributed by atoms with E-state index < -0.39 is 0 Å². The van der Waals surface area contributed by atoms with Crippen molar-refractivity contribution in [1.29, 1.82) is 0 Å². The number of likely N-dealkylation sites (tertiary alicyclic amines) is 1. The van der Waals surface area contributed by atoms with Gasteiger partial charge < -0.3 is 5.11 Å². The maximum absolute atomic E-state index is 9.19. The molecular formula is C13H18BrNO. The highest BCUT2D eigenvalue weighted by atomic mass is 79.9. The van der Waals surface area contributed by atoms with E-state index in [4.69, 9.17) is 0 Å². The van der Waals surface area contributed by atoms with Crippen molar-refractivity contribution in [2.24, 2.45) is 5.92 Å². The van der Waals surface area contributed by atoms with Gasteiger partial charge in [0.1, 0.15) is 0 Å². The van der Waals surface area contributed by atoms with Crippen LogP contribution in [0.1, 0.15) is 18.4 Å². The summed E-state index contributed by atoms with van der Waals surface area (Å²) in [6.45, 7) is 3.49. The summed E-state index contributed by atoms with van der Waals surface area (Å²) in [6, 6.07) is 8.36. The number of halogens is 1. The normalized spacial score (nSPS) is 22.2. The fraction of sp³-hybridized carbons (Fsp3) is 0.538. The number of rotatable bonds is 3. The quantitative estimate of drug-likeness (QED) is 0.922. The van der Waals surface area contributed by atoms with E-state index in [1.54, 1.807) is 0 Å². The van der Waals surface area contributed by atoms with Crippen molar-refractivity contribution in [3.8, 4) is 0 Å². The van der Waals surface area contributed by atoms with Gasteiger partial charge in [0.25, 0.3) is 0 Å². The molecule has 1 aromatic carbocycles. The molecule has 3 heteroatoms. The summed E-state index contributed by atoms with van der Waals surface area (Å²) in [4.78, 5) is 2.44. The third-order valence-electron chi connectivity index (χ3n) is 3.21. The molecule has 1 heterocycles. The molecule has 0 saturated carbocycles. The first kappa shape index (κ1) is 12.1. The van der Waals surface area contributed by atoms with Gasteiger partial charge >= 0.3 is 0 Å². The minimum Gasteiger partial charge on any atom is -0.396 e. The molecule has 1 saturated heterocycles. The second-order valence-corrected chi connectivity index (χ2v) is 5.37. The van der Waals surface area contributed by atoms with Crippen molar-refractivity contribution in [3.63, 3.8) is 0 Å². The minimum atomic E-state index is 0.326. The molecule has 2 rings (SSSR count). The predicted octanol–water partition coefficient (Wildman–Crippen LogP) is 2.65. The van der Waals surface area contributed by atoms with Gasteiger partial charge in [-0.25, -0.2) is 0 Å². The van der Waals surface area contributed by atoms with Crippen molar-refractivity contribution in [2.45, 2.75) is 19.4 Å². The molecule has 0 aliphatic carbocycles. The lowest BCUT2D eigenvalue weighted by Gasteiger charge is -2.31. The summed E-state index contributed by atoms with van der Waals surface area (Å²) in [6.07, 6.45) is 2.37.